The van der Waals surface area contributed by atoms with Gasteiger partial charge in [-0.3, -0.25) is 9.36 Å². The van der Waals surface area contributed by atoms with Crippen molar-refractivity contribution in [3.8, 4) is 11.5 Å². The Kier molecular flexibility index (Phi) is 5.48. The number of aryl methyl sites for hydroxylation is 1. The molecular formula is C22H18Cl2N4O4. The Morgan fingerprint density at radius 3 is 2.72 bits per heavy atom. The third kappa shape index (κ3) is 4.16. The van der Waals surface area contributed by atoms with E-state index >= 15 is 0 Å². The van der Waals surface area contributed by atoms with Gasteiger partial charge in [-0.2, -0.15) is 0 Å². The van der Waals surface area contributed by atoms with Gasteiger partial charge in [-0.05, 0) is 37.1 Å². The van der Waals surface area contributed by atoms with Crippen molar-refractivity contribution in [3.05, 3.63) is 69.0 Å². The Balaban J connectivity index is 1.30. The van der Waals surface area contributed by atoms with Crippen molar-refractivity contribution >= 4 is 40.2 Å². The predicted molar refractivity (Wildman–Crippen MR) is 118 cm³/mol. The van der Waals surface area contributed by atoms with Gasteiger partial charge in [0, 0.05) is 30.1 Å². The summed E-state index contributed by atoms with van der Waals surface area (Å²) in [6.45, 7) is 0.405. The average molecular weight is 473 g/mol. The van der Waals surface area contributed by atoms with Crippen molar-refractivity contribution in [1.29, 1.82) is 0 Å². The second kappa shape index (κ2) is 8.44. The number of amides is 1. The van der Waals surface area contributed by atoms with E-state index in [1.54, 1.807) is 35.2 Å². The fourth-order valence-electron chi connectivity index (χ4n) is 3.62. The molecule has 4 aromatic rings. The lowest BCUT2D eigenvalue weighted by Crippen LogP contribution is -2.33. The summed E-state index contributed by atoms with van der Waals surface area (Å²) in [5.41, 5.74) is 1.64. The fourth-order valence-corrected chi connectivity index (χ4v) is 4.00. The van der Waals surface area contributed by atoms with Crippen LogP contribution in [0.15, 0.2) is 56.1 Å². The van der Waals surface area contributed by atoms with E-state index in [9.17, 15) is 9.59 Å². The van der Waals surface area contributed by atoms with Gasteiger partial charge in [0.05, 0.1) is 22.6 Å². The van der Waals surface area contributed by atoms with Gasteiger partial charge < -0.3 is 13.7 Å². The molecule has 2 aromatic heterocycles. The number of benzene rings is 2. The summed E-state index contributed by atoms with van der Waals surface area (Å²) in [5, 5.41) is 9.15. The Hall–Kier alpha value is -3.10. The van der Waals surface area contributed by atoms with Gasteiger partial charge in [0.25, 0.3) is 0 Å². The molecule has 0 radical (unpaired) electrons. The minimum Gasteiger partial charge on any atom is -0.419 e. The SMILES string of the molecule is O=C(CCn1c(=O)oc2cc(Cl)ccc21)N(Cc1nnc(-c2ccccc2Cl)o1)C1CC1. The van der Waals surface area contributed by atoms with Crippen LogP contribution in [0.2, 0.25) is 10.0 Å². The maximum absolute atomic E-state index is 13.0. The molecule has 32 heavy (non-hydrogen) atoms. The number of hydrogen-bond acceptors (Lipinski definition) is 6. The van der Waals surface area contributed by atoms with Crippen LogP contribution in [-0.4, -0.2) is 31.6 Å². The van der Waals surface area contributed by atoms with Gasteiger partial charge in [-0.1, -0.05) is 35.3 Å². The molecule has 1 aliphatic carbocycles. The molecule has 0 bridgehead atoms. The Bertz CT molecular complexity index is 1360. The molecule has 0 aliphatic heterocycles. The molecular weight excluding hydrogens is 455 g/mol. The number of fused-ring (bicyclic) bond motifs is 1. The van der Waals surface area contributed by atoms with E-state index in [-0.39, 0.29) is 31.5 Å². The summed E-state index contributed by atoms with van der Waals surface area (Å²) < 4.78 is 12.4. The number of carbonyl (C=O) groups is 1. The molecule has 5 rings (SSSR count). The molecule has 1 amide bonds. The highest BCUT2D eigenvalue weighted by atomic mass is 35.5. The first-order chi connectivity index (χ1) is 15.5. The Morgan fingerprint density at radius 1 is 1.12 bits per heavy atom. The fraction of sp³-hybridized carbons (Fsp3) is 0.273. The van der Waals surface area contributed by atoms with Crippen LogP contribution >= 0.6 is 23.2 Å². The van der Waals surface area contributed by atoms with Crippen LogP contribution < -0.4 is 5.76 Å². The smallest absolute Gasteiger partial charge is 0.419 e. The lowest BCUT2D eigenvalue weighted by molar-refractivity contribution is -0.133. The number of halogens is 2. The number of aromatic nitrogens is 3. The number of carbonyl (C=O) groups excluding carboxylic acids is 1. The van der Waals surface area contributed by atoms with Crippen molar-refractivity contribution < 1.29 is 13.6 Å². The highest BCUT2D eigenvalue weighted by Crippen LogP contribution is 2.31. The first-order valence-corrected chi connectivity index (χ1v) is 10.9. The zero-order valence-corrected chi connectivity index (χ0v) is 18.3. The largest absolute Gasteiger partial charge is 0.419 e. The van der Waals surface area contributed by atoms with E-state index in [4.69, 9.17) is 32.0 Å². The topological polar surface area (TPSA) is 94.4 Å². The molecule has 1 saturated carbocycles. The third-order valence-electron chi connectivity index (χ3n) is 5.36. The molecule has 8 nitrogen and oxygen atoms in total. The number of nitrogens with zero attached hydrogens (tertiary/aromatic N) is 4. The monoisotopic (exact) mass is 472 g/mol. The van der Waals surface area contributed by atoms with Crippen molar-refractivity contribution in [2.45, 2.75) is 38.4 Å². The van der Waals surface area contributed by atoms with Gasteiger partial charge in [-0.15, -0.1) is 10.2 Å². The van der Waals surface area contributed by atoms with Crippen LogP contribution in [0.5, 0.6) is 0 Å². The zero-order chi connectivity index (χ0) is 22.2. The molecule has 1 aliphatic rings. The lowest BCUT2D eigenvalue weighted by atomic mass is 10.2. The summed E-state index contributed by atoms with van der Waals surface area (Å²) in [6.07, 6.45) is 1.98. The molecule has 2 aromatic carbocycles. The molecule has 1 fully saturated rings. The van der Waals surface area contributed by atoms with E-state index in [1.807, 2.05) is 12.1 Å². The molecule has 0 atom stereocenters. The lowest BCUT2D eigenvalue weighted by Gasteiger charge is -2.20. The summed E-state index contributed by atoms with van der Waals surface area (Å²) >= 11 is 12.2. The van der Waals surface area contributed by atoms with Crippen molar-refractivity contribution in [2.24, 2.45) is 0 Å². The van der Waals surface area contributed by atoms with Gasteiger partial charge >= 0.3 is 5.76 Å². The van der Waals surface area contributed by atoms with Gasteiger partial charge in [0.1, 0.15) is 0 Å². The molecule has 10 heteroatoms. The standard InChI is InChI=1S/C22H18Cl2N4O4/c23-13-5-8-17-18(11-13)31-22(30)27(17)10-9-20(29)28(14-6-7-14)12-19-25-26-21(32-19)15-3-1-2-4-16(15)24/h1-5,8,11,14H,6-7,9-10,12H2. The Morgan fingerprint density at radius 2 is 1.94 bits per heavy atom. The molecule has 0 spiro atoms. The summed E-state index contributed by atoms with van der Waals surface area (Å²) in [5.74, 6) is 0.0270. The second-order valence-corrected chi connectivity index (χ2v) is 8.46. The first kappa shape index (κ1) is 20.8. The van der Waals surface area contributed by atoms with E-state index in [2.05, 4.69) is 10.2 Å². The third-order valence-corrected chi connectivity index (χ3v) is 5.93. The quantitative estimate of drug-likeness (QED) is 0.392. The van der Waals surface area contributed by atoms with E-state index < -0.39 is 5.76 Å². The van der Waals surface area contributed by atoms with Crippen LogP contribution in [0.4, 0.5) is 0 Å². The summed E-state index contributed by atoms with van der Waals surface area (Å²) in [7, 11) is 0. The maximum Gasteiger partial charge on any atom is 0.419 e. The van der Waals surface area contributed by atoms with Gasteiger partial charge in [-0.25, -0.2) is 4.79 Å². The predicted octanol–water partition coefficient (Wildman–Crippen LogP) is 4.53. The van der Waals surface area contributed by atoms with E-state index in [0.717, 1.165) is 12.8 Å². The minimum absolute atomic E-state index is 0.0970. The van der Waals surface area contributed by atoms with Crippen LogP contribution in [0.1, 0.15) is 25.2 Å². The second-order valence-electron chi connectivity index (χ2n) is 7.62. The number of rotatable bonds is 7. The van der Waals surface area contributed by atoms with Gasteiger partial charge in [0.15, 0.2) is 5.58 Å². The molecule has 2 heterocycles. The number of hydrogen-bond donors (Lipinski definition) is 0. The normalized spacial score (nSPS) is 13.6. The highest BCUT2D eigenvalue weighted by Gasteiger charge is 2.33. The van der Waals surface area contributed by atoms with Gasteiger partial charge in [0.2, 0.25) is 17.7 Å². The highest BCUT2D eigenvalue weighted by molar-refractivity contribution is 6.33. The molecule has 0 unspecified atom stereocenters. The van der Waals surface area contributed by atoms with Crippen molar-refractivity contribution in [2.75, 3.05) is 0 Å². The summed E-state index contributed by atoms with van der Waals surface area (Å²) in [4.78, 5) is 27.0. The number of oxazole rings is 1. The van der Waals surface area contributed by atoms with Crippen LogP contribution in [-0.2, 0) is 17.9 Å². The van der Waals surface area contributed by atoms with Crippen LogP contribution in [0.3, 0.4) is 0 Å². The average Bonchev–Trinajstić information content (AvgIpc) is 3.42. The minimum atomic E-state index is -0.519. The molecule has 0 N–H and O–H groups in total. The zero-order valence-electron chi connectivity index (χ0n) is 16.8. The molecule has 0 saturated heterocycles. The first-order valence-electron chi connectivity index (χ1n) is 10.2. The van der Waals surface area contributed by atoms with Crippen LogP contribution in [0.25, 0.3) is 22.6 Å². The summed E-state index contributed by atoms with van der Waals surface area (Å²) in [6, 6.07) is 12.3. The van der Waals surface area contributed by atoms with E-state index in [1.165, 1.54) is 4.57 Å². The van der Waals surface area contributed by atoms with Crippen LogP contribution in [0, 0.1) is 0 Å². The van der Waals surface area contributed by atoms with E-state index in [0.29, 0.717) is 38.5 Å². The van der Waals surface area contributed by atoms with Crippen molar-refractivity contribution in [1.82, 2.24) is 19.7 Å². The molecule has 164 valence electrons. The Labute approximate surface area is 192 Å². The van der Waals surface area contributed by atoms with Crippen molar-refractivity contribution in [3.63, 3.8) is 0 Å². The maximum atomic E-state index is 13.0.